The number of rotatable bonds is 3. The van der Waals surface area contributed by atoms with E-state index in [0.717, 1.165) is 18.7 Å². The molecule has 0 fully saturated rings. The van der Waals surface area contributed by atoms with E-state index in [2.05, 4.69) is 69.3 Å². The summed E-state index contributed by atoms with van der Waals surface area (Å²) in [6.45, 7) is 3.72. The normalized spacial score (nSPS) is 17.2. The molecule has 23 heavy (non-hydrogen) atoms. The summed E-state index contributed by atoms with van der Waals surface area (Å²) in [6.07, 6.45) is 1.05. The van der Waals surface area contributed by atoms with E-state index < -0.39 is 0 Å². The van der Waals surface area contributed by atoms with Gasteiger partial charge in [-0.15, -0.1) is 0 Å². The summed E-state index contributed by atoms with van der Waals surface area (Å²) in [7, 11) is 0. The number of nitrogens with one attached hydrogen (secondary N) is 2. The highest BCUT2D eigenvalue weighted by atomic mass is 127. The zero-order chi connectivity index (χ0) is 15.8. The lowest BCUT2D eigenvalue weighted by atomic mass is 9.94. The van der Waals surface area contributed by atoms with Crippen LogP contribution in [0.1, 0.15) is 29.8 Å². The first-order valence-electron chi connectivity index (χ1n) is 8.02. The highest BCUT2D eigenvalue weighted by Crippen LogP contribution is 2.35. The molecule has 2 N–H and O–H groups in total. The standard InChI is InChI=1S/C19H19IN2O/c1-2-23-14-7-8-17-16(11-14)15-9-10-21-18(19(15)22-17)12-3-5-13(20)6-4-12/h3-8,11,18,21-22H,2,9-10H2,1H3. The molecule has 4 heteroatoms. The molecule has 0 amide bonds. The fourth-order valence-corrected chi connectivity index (χ4v) is 3.76. The van der Waals surface area contributed by atoms with Crippen LogP contribution in [0.3, 0.4) is 0 Å². The molecule has 0 saturated heterocycles. The predicted molar refractivity (Wildman–Crippen MR) is 102 cm³/mol. The molecule has 0 spiro atoms. The van der Waals surface area contributed by atoms with E-state index in [4.69, 9.17) is 4.74 Å². The second kappa shape index (κ2) is 6.17. The second-order valence-electron chi connectivity index (χ2n) is 5.85. The topological polar surface area (TPSA) is 37.0 Å². The van der Waals surface area contributed by atoms with Crippen molar-refractivity contribution in [2.75, 3.05) is 13.2 Å². The first-order chi connectivity index (χ1) is 11.3. The summed E-state index contributed by atoms with van der Waals surface area (Å²) in [6, 6.07) is 15.3. The molecule has 2 aromatic carbocycles. The first kappa shape index (κ1) is 15.0. The minimum absolute atomic E-state index is 0.235. The van der Waals surface area contributed by atoms with Gasteiger partial charge in [0, 0.05) is 26.7 Å². The molecule has 118 valence electrons. The van der Waals surface area contributed by atoms with Crippen molar-refractivity contribution in [3.63, 3.8) is 0 Å². The smallest absolute Gasteiger partial charge is 0.120 e. The van der Waals surface area contributed by atoms with Crippen LogP contribution < -0.4 is 10.1 Å². The van der Waals surface area contributed by atoms with Crippen LogP contribution in [0, 0.1) is 3.57 Å². The Bertz CT molecular complexity index is 838. The summed E-state index contributed by atoms with van der Waals surface area (Å²) in [5.74, 6) is 0.950. The minimum atomic E-state index is 0.235. The van der Waals surface area contributed by atoms with Crippen LogP contribution in [0.15, 0.2) is 42.5 Å². The third kappa shape index (κ3) is 2.74. The molecule has 3 nitrogen and oxygen atoms in total. The second-order valence-corrected chi connectivity index (χ2v) is 7.09. The molecule has 1 atom stereocenters. The van der Waals surface area contributed by atoms with Crippen LogP contribution in [0.4, 0.5) is 0 Å². The van der Waals surface area contributed by atoms with Gasteiger partial charge in [-0.3, -0.25) is 0 Å². The molecular weight excluding hydrogens is 399 g/mol. The van der Waals surface area contributed by atoms with Crippen molar-refractivity contribution in [2.24, 2.45) is 0 Å². The fraction of sp³-hybridized carbons (Fsp3) is 0.263. The zero-order valence-electron chi connectivity index (χ0n) is 13.0. The van der Waals surface area contributed by atoms with Crippen LogP contribution >= 0.6 is 22.6 Å². The Balaban J connectivity index is 1.81. The number of hydrogen-bond donors (Lipinski definition) is 2. The van der Waals surface area contributed by atoms with Gasteiger partial charge in [-0.2, -0.15) is 0 Å². The quantitative estimate of drug-likeness (QED) is 0.619. The van der Waals surface area contributed by atoms with Crippen molar-refractivity contribution in [3.8, 4) is 5.75 Å². The Hall–Kier alpha value is -1.53. The molecule has 0 saturated carbocycles. The van der Waals surface area contributed by atoms with Crippen molar-refractivity contribution in [3.05, 3.63) is 62.9 Å². The lowest BCUT2D eigenvalue weighted by molar-refractivity contribution is 0.340. The average molecular weight is 418 g/mol. The van der Waals surface area contributed by atoms with Crippen molar-refractivity contribution >= 4 is 33.5 Å². The molecule has 0 bridgehead atoms. The third-order valence-corrected chi connectivity index (χ3v) is 5.16. The van der Waals surface area contributed by atoms with Crippen molar-refractivity contribution < 1.29 is 4.74 Å². The molecule has 1 aromatic heterocycles. The molecular formula is C19H19IN2O. The number of benzene rings is 2. The van der Waals surface area contributed by atoms with Gasteiger partial charge in [0.25, 0.3) is 0 Å². The molecule has 1 aliphatic heterocycles. The van der Waals surface area contributed by atoms with Crippen LogP contribution in [0.5, 0.6) is 5.75 Å². The maximum absolute atomic E-state index is 5.67. The van der Waals surface area contributed by atoms with E-state index in [-0.39, 0.29) is 6.04 Å². The minimum Gasteiger partial charge on any atom is -0.494 e. The van der Waals surface area contributed by atoms with E-state index in [1.54, 1.807) is 0 Å². The number of H-pyrrole nitrogens is 1. The monoisotopic (exact) mass is 418 g/mol. The van der Waals surface area contributed by atoms with Gasteiger partial charge >= 0.3 is 0 Å². The lowest BCUT2D eigenvalue weighted by Crippen LogP contribution is -2.30. The number of halogens is 1. The van der Waals surface area contributed by atoms with E-state index in [9.17, 15) is 0 Å². The summed E-state index contributed by atoms with van der Waals surface area (Å²) in [5, 5.41) is 4.94. The summed E-state index contributed by atoms with van der Waals surface area (Å²) in [4.78, 5) is 3.63. The van der Waals surface area contributed by atoms with E-state index >= 15 is 0 Å². The van der Waals surface area contributed by atoms with E-state index in [1.807, 2.05) is 13.0 Å². The van der Waals surface area contributed by atoms with Crippen molar-refractivity contribution in [1.29, 1.82) is 0 Å². The number of ether oxygens (including phenoxy) is 1. The maximum atomic E-state index is 5.67. The number of aromatic amines is 1. The Morgan fingerprint density at radius 2 is 2.00 bits per heavy atom. The molecule has 3 aromatic rings. The van der Waals surface area contributed by atoms with E-state index in [0.29, 0.717) is 6.61 Å². The number of fused-ring (bicyclic) bond motifs is 3. The van der Waals surface area contributed by atoms with Crippen molar-refractivity contribution in [1.82, 2.24) is 10.3 Å². The number of aromatic nitrogens is 1. The Morgan fingerprint density at radius 1 is 1.17 bits per heavy atom. The van der Waals surface area contributed by atoms with Gasteiger partial charge in [-0.1, -0.05) is 12.1 Å². The van der Waals surface area contributed by atoms with Gasteiger partial charge in [0.1, 0.15) is 5.75 Å². The summed E-state index contributed by atoms with van der Waals surface area (Å²) < 4.78 is 6.93. The maximum Gasteiger partial charge on any atom is 0.120 e. The van der Waals surface area contributed by atoms with Crippen LogP contribution in [-0.4, -0.2) is 18.1 Å². The molecule has 1 aliphatic rings. The fourth-order valence-electron chi connectivity index (χ4n) is 3.40. The van der Waals surface area contributed by atoms with Gasteiger partial charge in [-0.25, -0.2) is 0 Å². The SMILES string of the molecule is CCOc1ccc2[nH]c3c(c2c1)CCNC3c1ccc(I)cc1. The molecule has 0 aliphatic carbocycles. The molecule has 2 heterocycles. The summed E-state index contributed by atoms with van der Waals surface area (Å²) in [5.41, 5.74) is 5.21. The lowest BCUT2D eigenvalue weighted by Gasteiger charge is -2.25. The van der Waals surface area contributed by atoms with Gasteiger partial charge in [0.15, 0.2) is 0 Å². The highest BCUT2D eigenvalue weighted by Gasteiger charge is 2.25. The van der Waals surface area contributed by atoms with Gasteiger partial charge in [0.2, 0.25) is 0 Å². The van der Waals surface area contributed by atoms with Gasteiger partial charge in [0.05, 0.1) is 12.6 Å². The van der Waals surface area contributed by atoms with Crippen molar-refractivity contribution in [2.45, 2.75) is 19.4 Å². The molecule has 4 rings (SSSR count). The first-order valence-corrected chi connectivity index (χ1v) is 9.10. The Kier molecular flexibility index (Phi) is 4.03. The molecule has 0 radical (unpaired) electrons. The van der Waals surface area contributed by atoms with Crippen LogP contribution in [0.2, 0.25) is 0 Å². The van der Waals surface area contributed by atoms with Gasteiger partial charge < -0.3 is 15.0 Å². The molecule has 1 unspecified atom stereocenters. The van der Waals surface area contributed by atoms with E-state index in [1.165, 1.54) is 31.3 Å². The zero-order valence-corrected chi connectivity index (χ0v) is 15.2. The Morgan fingerprint density at radius 3 is 2.78 bits per heavy atom. The highest BCUT2D eigenvalue weighted by molar-refractivity contribution is 14.1. The average Bonchev–Trinajstić information content (AvgIpc) is 2.94. The third-order valence-electron chi connectivity index (χ3n) is 4.44. The largest absolute Gasteiger partial charge is 0.494 e. The number of hydrogen-bond acceptors (Lipinski definition) is 2. The Labute approximate surface area is 149 Å². The van der Waals surface area contributed by atoms with Crippen LogP contribution in [0.25, 0.3) is 10.9 Å². The summed E-state index contributed by atoms with van der Waals surface area (Å²) >= 11 is 2.35. The van der Waals surface area contributed by atoms with Gasteiger partial charge in [-0.05, 0) is 77.4 Å². The predicted octanol–water partition coefficient (Wildman–Crippen LogP) is 4.41. The van der Waals surface area contributed by atoms with Crippen LogP contribution in [-0.2, 0) is 6.42 Å².